The summed E-state index contributed by atoms with van der Waals surface area (Å²) in [5, 5.41) is 10.2. The van der Waals surface area contributed by atoms with Crippen molar-refractivity contribution in [3.63, 3.8) is 0 Å². The zero-order valence-corrected chi connectivity index (χ0v) is 11.6. The average Bonchev–Trinajstić information content (AvgIpc) is 2.37. The van der Waals surface area contributed by atoms with E-state index >= 15 is 0 Å². The molecule has 0 spiro atoms. The highest BCUT2D eigenvalue weighted by Gasteiger charge is 2.13. The fourth-order valence-corrected chi connectivity index (χ4v) is 2.45. The van der Waals surface area contributed by atoms with Crippen molar-refractivity contribution in [3.05, 3.63) is 59.4 Å². The van der Waals surface area contributed by atoms with Crippen LogP contribution >= 0.6 is 0 Å². The number of nitrogens with zero attached hydrogens (tertiary/aromatic N) is 1. The fraction of sp³-hybridized carbons (Fsp3) is 0.214. The fourth-order valence-electron chi connectivity index (χ4n) is 1.82. The van der Waals surface area contributed by atoms with Gasteiger partial charge in [-0.25, -0.2) is 8.42 Å². The van der Waals surface area contributed by atoms with E-state index in [-0.39, 0.29) is 4.90 Å². The second-order valence-electron chi connectivity index (χ2n) is 4.54. The molecule has 0 aliphatic rings. The van der Waals surface area contributed by atoms with Crippen molar-refractivity contribution >= 4 is 9.84 Å². The van der Waals surface area contributed by atoms with E-state index in [1.54, 1.807) is 24.5 Å². The number of aryl methyl sites for hydroxylation is 1. The van der Waals surface area contributed by atoms with Crippen molar-refractivity contribution in [2.75, 3.05) is 6.26 Å². The summed E-state index contributed by atoms with van der Waals surface area (Å²) in [4.78, 5) is 4.27. The van der Waals surface area contributed by atoms with Crippen LogP contribution in [0.3, 0.4) is 0 Å². The number of benzene rings is 1. The first kappa shape index (κ1) is 13.7. The van der Waals surface area contributed by atoms with Crippen LogP contribution in [0.1, 0.15) is 22.8 Å². The highest BCUT2D eigenvalue weighted by molar-refractivity contribution is 7.90. The van der Waals surface area contributed by atoms with Crippen molar-refractivity contribution in [2.24, 2.45) is 0 Å². The van der Waals surface area contributed by atoms with Gasteiger partial charge >= 0.3 is 0 Å². The van der Waals surface area contributed by atoms with Gasteiger partial charge in [0, 0.05) is 24.2 Å². The van der Waals surface area contributed by atoms with Crippen molar-refractivity contribution in [2.45, 2.75) is 17.9 Å². The number of pyridine rings is 1. The molecule has 1 unspecified atom stereocenters. The summed E-state index contributed by atoms with van der Waals surface area (Å²) in [6.45, 7) is 1.90. The molecule has 0 fully saturated rings. The standard InChI is InChI=1S/C14H15NO3S/c1-10-7-12(9-15-8-10)14(16)11-3-5-13(6-4-11)19(2,17)18/h3-9,14,16H,1-2H3. The highest BCUT2D eigenvalue weighted by Crippen LogP contribution is 2.23. The topological polar surface area (TPSA) is 67.3 Å². The summed E-state index contributed by atoms with van der Waals surface area (Å²) < 4.78 is 22.7. The molecule has 1 atom stereocenters. The quantitative estimate of drug-likeness (QED) is 0.930. The number of aromatic nitrogens is 1. The first-order valence-electron chi connectivity index (χ1n) is 5.77. The van der Waals surface area contributed by atoms with Gasteiger partial charge in [0.15, 0.2) is 9.84 Å². The van der Waals surface area contributed by atoms with Crippen LogP contribution in [0.5, 0.6) is 0 Å². The zero-order valence-electron chi connectivity index (χ0n) is 10.7. The summed E-state index contributed by atoms with van der Waals surface area (Å²) >= 11 is 0. The Labute approximate surface area is 112 Å². The molecule has 2 rings (SSSR count). The molecule has 0 amide bonds. The second-order valence-corrected chi connectivity index (χ2v) is 6.56. The molecule has 1 N–H and O–H groups in total. The van der Waals surface area contributed by atoms with Gasteiger partial charge in [0.1, 0.15) is 6.10 Å². The lowest BCUT2D eigenvalue weighted by molar-refractivity contribution is 0.219. The van der Waals surface area contributed by atoms with Crippen LogP contribution < -0.4 is 0 Å². The van der Waals surface area contributed by atoms with Gasteiger partial charge in [0.2, 0.25) is 0 Å². The molecular weight excluding hydrogens is 262 g/mol. The number of aliphatic hydroxyl groups excluding tert-OH is 1. The van der Waals surface area contributed by atoms with Crippen molar-refractivity contribution in [1.29, 1.82) is 0 Å². The predicted molar refractivity (Wildman–Crippen MR) is 72.6 cm³/mol. The Morgan fingerprint density at radius 1 is 1.11 bits per heavy atom. The molecule has 5 heteroatoms. The van der Waals surface area contributed by atoms with Crippen LogP contribution in [-0.2, 0) is 9.84 Å². The van der Waals surface area contributed by atoms with E-state index in [0.29, 0.717) is 11.1 Å². The molecule has 19 heavy (non-hydrogen) atoms. The average molecular weight is 277 g/mol. The maximum absolute atomic E-state index is 11.4. The monoisotopic (exact) mass is 277 g/mol. The Kier molecular flexibility index (Phi) is 3.68. The number of sulfone groups is 1. The molecule has 0 saturated carbocycles. The predicted octanol–water partition coefficient (Wildman–Crippen LogP) is 1.88. The van der Waals surface area contributed by atoms with Crippen molar-refractivity contribution in [3.8, 4) is 0 Å². The number of hydrogen-bond donors (Lipinski definition) is 1. The number of aliphatic hydroxyl groups is 1. The Morgan fingerprint density at radius 2 is 1.74 bits per heavy atom. The zero-order chi connectivity index (χ0) is 14.0. The minimum atomic E-state index is -3.21. The molecule has 0 bridgehead atoms. The molecule has 1 aromatic heterocycles. The van der Waals surface area contributed by atoms with Gasteiger partial charge in [-0.3, -0.25) is 4.98 Å². The highest BCUT2D eigenvalue weighted by atomic mass is 32.2. The largest absolute Gasteiger partial charge is 0.384 e. The first-order valence-corrected chi connectivity index (χ1v) is 7.67. The Morgan fingerprint density at radius 3 is 2.26 bits per heavy atom. The lowest BCUT2D eigenvalue weighted by atomic mass is 10.0. The van der Waals surface area contributed by atoms with Crippen molar-refractivity contribution in [1.82, 2.24) is 4.98 Å². The smallest absolute Gasteiger partial charge is 0.175 e. The molecular formula is C14H15NO3S. The molecule has 100 valence electrons. The summed E-state index contributed by atoms with van der Waals surface area (Å²) in [6.07, 6.45) is 3.66. The van der Waals surface area contributed by atoms with Crippen molar-refractivity contribution < 1.29 is 13.5 Å². The normalized spacial score (nSPS) is 13.2. The third kappa shape index (κ3) is 3.19. The molecule has 1 aromatic carbocycles. The molecule has 2 aromatic rings. The van der Waals surface area contributed by atoms with Crippen LogP contribution in [0, 0.1) is 6.92 Å². The maximum atomic E-state index is 11.4. The minimum absolute atomic E-state index is 0.241. The summed E-state index contributed by atoms with van der Waals surface area (Å²) in [7, 11) is -3.21. The molecule has 0 radical (unpaired) electrons. The summed E-state index contributed by atoms with van der Waals surface area (Å²) in [5.74, 6) is 0. The number of hydrogen-bond acceptors (Lipinski definition) is 4. The lowest BCUT2D eigenvalue weighted by Crippen LogP contribution is -2.02. The van der Waals surface area contributed by atoms with Crippen LogP contribution in [-0.4, -0.2) is 24.8 Å². The molecule has 1 heterocycles. The van der Waals surface area contributed by atoms with E-state index in [1.165, 1.54) is 12.1 Å². The van der Waals surface area contributed by atoms with E-state index in [2.05, 4.69) is 4.98 Å². The van der Waals surface area contributed by atoms with Gasteiger partial charge < -0.3 is 5.11 Å². The Bertz CT molecular complexity index is 678. The molecule has 0 aliphatic carbocycles. The van der Waals surface area contributed by atoms with Crippen LogP contribution in [0.4, 0.5) is 0 Å². The van der Waals surface area contributed by atoms with Gasteiger partial charge in [-0.2, -0.15) is 0 Å². The summed E-state index contributed by atoms with van der Waals surface area (Å²) in [6, 6.07) is 8.07. The maximum Gasteiger partial charge on any atom is 0.175 e. The lowest BCUT2D eigenvalue weighted by Gasteiger charge is -2.12. The van der Waals surface area contributed by atoms with Crippen LogP contribution in [0.15, 0.2) is 47.6 Å². The van der Waals surface area contributed by atoms with Gasteiger partial charge in [-0.05, 0) is 30.2 Å². The molecule has 0 aliphatic heterocycles. The SMILES string of the molecule is Cc1cncc(C(O)c2ccc(S(C)(=O)=O)cc2)c1. The third-order valence-electron chi connectivity index (χ3n) is 2.84. The molecule has 4 nitrogen and oxygen atoms in total. The van der Waals surface area contributed by atoms with E-state index in [4.69, 9.17) is 0 Å². The van der Waals surface area contributed by atoms with E-state index in [9.17, 15) is 13.5 Å². The van der Waals surface area contributed by atoms with Gasteiger partial charge in [0.25, 0.3) is 0 Å². The minimum Gasteiger partial charge on any atom is -0.384 e. The first-order chi connectivity index (χ1) is 8.88. The van der Waals surface area contributed by atoms with Gasteiger partial charge in [-0.15, -0.1) is 0 Å². The van der Waals surface area contributed by atoms with E-state index in [0.717, 1.165) is 11.8 Å². The third-order valence-corrected chi connectivity index (χ3v) is 3.96. The van der Waals surface area contributed by atoms with Crippen LogP contribution in [0.2, 0.25) is 0 Å². The summed E-state index contributed by atoms with van der Waals surface area (Å²) in [5.41, 5.74) is 2.29. The van der Waals surface area contributed by atoms with Crippen LogP contribution in [0.25, 0.3) is 0 Å². The van der Waals surface area contributed by atoms with E-state index in [1.807, 2.05) is 13.0 Å². The Hall–Kier alpha value is -1.72. The van der Waals surface area contributed by atoms with Gasteiger partial charge in [0.05, 0.1) is 4.90 Å². The second kappa shape index (κ2) is 5.11. The number of rotatable bonds is 3. The van der Waals surface area contributed by atoms with Gasteiger partial charge in [-0.1, -0.05) is 18.2 Å². The van der Waals surface area contributed by atoms with E-state index < -0.39 is 15.9 Å². The molecule has 0 saturated heterocycles. The Balaban J connectivity index is 2.32.